The topological polar surface area (TPSA) is 4.93 Å². The summed E-state index contributed by atoms with van der Waals surface area (Å²) in [7, 11) is 0. The van der Waals surface area contributed by atoms with E-state index >= 15 is 0 Å². The summed E-state index contributed by atoms with van der Waals surface area (Å²) in [6.07, 6.45) is 7.30. The van der Waals surface area contributed by atoms with E-state index in [1.807, 2.05) is 0 Å². The molecule has 10 aromatic rings. The molecule has 1 heterocycles. The van der Waals surface area contributed by atoms with E-state index in [0.29, 0.717) is 0 Å². The molecule has 0 aliphatic heterocycles. The molecule has 302 valence electrons. The third-order valence-electron chi connectivity index (χ3n) is 13.8. The summed E-state index contributed by atoms with van der Waals surface area (Å²) in [5, 5.41) is 7.60. The lowest BCUT2D eigenvalue weighted by atomic mass is 9.64. The first kappa shape index (κ1) is 38.4. The zero-order valence-corrected chi connectivity index (χ0v) is 36.3. The second-order valence-corrected chi connectivity index (χ2v) is 17.5. The van der Waals surface area contributed by atoms with Crippen molar-refractivity contribution in [1.82, 2.24) is 4.57 Å². The first-order valence-electron chi connectivity index (χ1n) is 22.3. The maximum Gasteiger partial charge on any atom is 0.0544 e. The van der Waals surface area contributed by atoms with Gasteiger partial charge in [-0.1, -0.05) is 195 Å². The van der Waals surface area contributed by atoms with E-state index in [4.69, 9.17) is 0 Å². The monoisotopic (exact) mass is 807 g/mol. The average molecular weight is 808 g/mol. The van der Waals surface area contributed by atoms with Crippen LogP contribution >= 0.6 is 0 Å². The van der Waals surface area contributed by atoms with E-state index in [-0.39, 0.29) is 5.92 Å². The van der Waals surface area contributed by atoms with Gasteiger partial charge in [-0.2, -0.15) is 0 Å². The highest BCUT2D eigenvalue weighted by molar-refractivity contribution is 6.15. The Bertz CT molecular complexity index is 3490. The van der Waals surface area contributed by atoms with Gasteiger partial charge in [-0.15, -0.1) is 0 Å². The molecule has 1 aromatic heterocycles. The molecule has 0 saturated carbocycles. The summed E-state index contributed by atoms with van der Waals surface area (Å²) < 4.78 is 2.51. The lowest BCUT2D eigenvalue weighted by Crippen LogP contribution is -2.29. The maximum atomic E-state index is 2.52. The van der Waals surface area contributed by atoms with E-state index < -0.39 is 5.41 Å². The van der Waals surface area contributed by atoms with Crippen molar-refractivity contribution in [2.45, 2.75) is 39.0 Å². The molecular formula is C62H49N. The number of fused-ring (bicyclic) bond motifs is 8. The van der Waals surface area contributed by atoms with Gasteiger partial charge in [0.2, 0.25) is 0 Å². The van der Waals surface area contributed by atoms with Crippen molar-refractivity contribution in [3.8, 4) is 16.8 Å². The molecule has 2 unspecified atom stereocenters. The Morgan fingerprint density at radius 2 is 1.17 bits per heavy atom. The van der Waals surface area contributed by atoms with Crippen LogP contribution in [0.5, 0.6) is 0 Å². The van der Waals surface area contributed by atoms with Gasteiger partial charge in [-0.05, 0) is 140 Å². The van der Waals surface area contributed by atoms with Crippen molar-refractivity contribution in [3.63, 3.8) is 0 Å². The van der Waals surface area contributed by atoms with Crippen molar-refractivity contribution in [2.75, 3.05) is 0 Å². The van der Waals surface area contributed by atoms with Gasteiger partial charge in [-0.25, -0.2) is 0 Å². The van der Waals surface area contributed by atoms with Gasteiger partial charge in [0.25, 0.3) is 0 Å². The fourth-order valence-electron chi connectivity index (χ4n) is 10.6. The predicted molar refractivity (Wildman–Crippen MR) is 269 cm³/mol. The molecule has 1 heteroatoms. The summed E-state index contributed by atoms with van der Waals surface area (Å²) in [4.78, 5) is 0. The van der Waals surface area contributed by atoms with Crippen LogP contribution in [0, 0.1) is 6.92 Å². The van der Waals surface area contributed by atoms with E-state index in [2.05, 4.69) is 251 Å². The summed E-state index contributed by atoms with van der Waals surface area (Å²) >= 11 is 0. The molecular weight excluding hydrogens is 759 g/mol. The molecule has 0 amide bonds. The highest BCUT2D eigenvalue weighted by atomic mass is 15.0. The summed E-state index contributed by atoms with van der Waals surface area (Å²) in [5.41, 5.74) is 16.9. The van der Waals surface area contributed by atoms with Crippen molar-refractivity contribution in [1.29, 1.82) is 0 Å². The molecule has 1 aliphatic carbocycles. The SMILES string of the molecule is CC1=C(/c2ccccc2C)c2ccc3c(c2C(C)(c2ccccc2)C(=C/C(C)c2ccccc2)/C=C\1)c1ccccc1n3-c1cccc(-c2cc3ccccc3c3ccccc23)c1. The highest BCUT2D eigenvalue weighted by Gasteiger charge is 2.39. The molecule has 0 radical (unpaired) electrons. The Morgan fingerprint density at radius 3 is 1.97 bits per heavy atom. The predicted octanol–water partition coefficient (Wildman–Crippen LogP) is 16.5. The van der Waals surface area contributed by atoms with Gasteiger partial charge in [0.05, 0.1) is 11.0 Å². The first-order chi connectivity index (χ1) is 30.9. The Kier molecular flexibility index (Phi) is 9.43. The third kappa shape index (κ3) is 6.30. The maximum absolute atomic E-state index is 2.52. The fraction of sp³-hybridized carbons (Fsp3) is 0.0968. The van der Waals surface area contributed by atoms with Crippen LogP contribution in [0.15, 0.2) is 230 Å². The summed E-state index contributed by atoms with van der Waals surface area (Å²) in [5.74, 6) is 0.186. The molecule has 2 atom stereocenters. The molecule has 63 heavy (non-hydrogen) atoms. The van der Waals surface area contributed by atoms with Crippen LogP contribution in [0.1, 0.15) is 60.1 Å². The van der Waals surface area contributed by atoms with Crippen LogP contribution in [-0.4, -0.2) is 4.57 Å². The van der Waals surface area contributed by atoms with Crippen molar-refractivity contribution in [3.05, 3.63) is 263 Å². The largest absolute Gasteiger partial charge is 0.309 e. The van der Waals surface area contributed by atoms with E-state index in [1.54, 1.807) is 0 Å². The van der Waals surface area contributed by atoms with E-state index in [0.717, 1.165) is 5.69 Å². The van der Waals surface area contributed by atoms with Gasteiger partial charge in [0.1, 0.15) is 0 Å². The number of hydrogen-bond acceptors (Lipinski definition) is 0. The number of aromatic nitrogens is 1. The summed E-state index contributed by atoms with van der Waals surface area (Å²) in [6.45, 7) is 9.35. The number of rotatable bonds is 6. The number of benzene rings is 9. The molecule has 0 bridgehead atoms. The van der Waals surface area contributed by atoms with Gasteiger partial charge in [0.15, 0.2) is 0 Å². The molecule has 11 rings (SSSR count). The minimum absolute atomic E-state index is 0.186. The first-order valence-corrected chi connectivity index (χ1v) is 22.3. The molecule has 0 N–H and O–H groups in total. The van der Waals surface area contributed by atoms with Crippen LogP contribution in [0.3, 0.4) is 0 Å². The van der Waals surface area contributed by atoms with E-state index in [1.165, 1.54) is 105 Å². The lowest BCUT2D eigenvalue weighted by Gasteiger charge is -2.38. The minimum Gasteiger partial charge on any atom is -0.309 e. The van der Waals surface area contributed by atoms with E-state index in [9.17, 15) is 0 Å². The van der Waals surface area contributed by atoms with Crippen molar-refractivity contribution < 1.29 is 0 Å². The number of allylic oxidation sites excluding steroid dienone is 5. The smallest absolute Gasteiger partial charge is 0.0544 e. The molecule has 0 spiro atoms. The van der Waals surface area contributed by atoms with Crippen LogP contribution in [0.2, 0.25) is 0 Å². The number of para-hydroxylation sites is 1. The van der Waals surface area contributed by atoms with Gasteiger partial charge >= 0.3 is 0 Å². The van der Waals surface area contributed by atoms with Crippen LogP contribution in [0.4, 0.5) is 0 Å². The van der Waals surface area contributed by atoms with Crippen LogP contribution < -0.4 is 0 Å². The van der Waals surface area contributed by atoms with Crippen molar-refractivity contribution >= 4 is 48.9 Å². The Hall–Kier alpha value is -7.48. The van der Waals surface area contributed by atoms with Crippen LogP contribution in [-0.2, 0) is 5.41 Å². The zero-order valence-electron chi connectivity index (χ0n) is 36.3. The molecule has 9 aromatic carbocycles. The summed E-state index contributed by atoms with van der Waals surface area (Å²) in [6, 6.07) is 74.1. The molecule has 0 fully saturated rings. The molecule has 1 aliphatic rings. The van der Waals surface area contributed by atoms with Crippen LogP contribution in [0.25, 0.3) is 65.7 Å². The number of nitrogens with zero attached hydrogens (tertiary/aromatic N) is 1. The second-order valence-electron chi connectivity index (χ2n) is 17.5. The lowest BCUT2D eigenvalue weighted by molar-refractivity contribution is 0.686. The zero-order chi connectivity index (χ0) is 42.7. The van der Waals surface area contributed by atoms with Gasteiger partial charge in [-0.3, -0.25) is 0 Å². The van der Waals surface area contributed by atoms with Crippen molar-refractivity contribution in [2.24, 2.45) is 0 Å². The van der Waals surface area contributed by atoms with Gasteiger partial charge in [0, 0.05) is 21.9 Å². The Labute approximate surface area is 370 Å². The van der Waals surface area contributed by atoms with Gasteiger partial charge < -0.3 is 4.57 Å². The fourth-order valence-corrected chi connectivity index (χ4v) is 10.6. The third-order valence-corrected chi connectivity index (χ3v) is 13.8. The highest BCUT2D eigenvalue weighted by Crippen LogP contribution is 2.52. The number of aryl methyl sites for hydroxylation is 1. The second kappa shape index (κ2) is 15.5. The Balaban J connectivity index is 1.25. The Morgan fingerprint density at radius 1 is 0.508 bits per heavy atom. The molecule has 0 saturated heterocycles. The molecule has 1 nitrogen and oxygen atoms in total. The standard InChI is InChI=1S/C62H49N/c1-41-20-11-13-28-50(41)59-42(2)34-35-48(38-43(3)44-21-7-5-8-22-44)62(4,47-25-9-6-10-26-47)61-55(59)36-37-58-60(61)54-32-17-18-33-57(54)63(58)49-27-19-24-45(39-49)56-40-46-23-12-14-29-51(46)52-30-15-16-31-53(52)56/h5-40,43H,1-4H3/b35-34-,48-38+,59-42+. The number of hydrogen-bond donors (Lipinski definition) is 0. The minimum atomic E-state index is -0.551. The normalized spacial score (nSPS) is 18.1. The average Bonchev–Trinajstić information content (AvgIpc) is 3.67. The quantitative estimate of drug-likeness (QED) is 0.148.